The maximum atomic E-state index is 5.59. The van der Waals surface area contributed by atoms with Crippen LogP contribution in [0.2, 0.25) is 0 Å². The smallest absolute Gasteiger partial charge is 0.226 e. The summed E-state index contributed by atoms with van der Waals surface area (Å²) >= 11 is 1.64. The molecule has 0 bridgehead atoms. The first-order chi connectivity index (χ1) is 9.28. The first kappa shape index (κ1) is 12.6. The van der Waals surface area contributed by atoms with Crippen molar-refractivity contribution in [2.24, 2.45) is 0 Å². The van der Waals surface area contributed by atoms with Gasteiger partial charge in [0.15, 0.2) is 0 Å². The maximum absolute atomic E-state index is 5.59. The van der Waals surface area contributed by atoms with Crippen molar-refractivity contribution >= 4 is 33.3 Å². The van der Waals surface area contributed by atoms with Crippen LogP contribution >= 0.6 is 11.3 Å². The van der Waals surface area contributed by atoms with Gasteiger partial charge in [-0.3, -0.25) is 0 Å². The van der Waals surface area contributed by atoms with Gasteiger partial charge in [0.05, 0.1) is 17.5 Å². The maximum Gasteiger partial charge on any atom is 0.226 e. The van der Waals surface area contributed by atoms with Crippen LogP contribution < -0.4 is 10.6 Å². The normalized spacial score (nSPS) is 22.8. The highest BCUT2D eigenvalue weighted by atomic mass is 32.1. The zero-order valence-corrected chi connectivity index (χ0v) is 12.0. The van der Waals surface area contributed by atoms with E-state index in [0.29, 0.717) is 12.0 Å². The molecule has 2 aromatic heterocycles. The SMILES string of the molecule is CCNc1nc(NC2CCOC2C)c2ccsc2n1. The Kier molecular flexibility index (Phi) is 3.52. The van der Waals surface area contributed by atoms with E-state index < -0.39 is 0 Å². The zero-order valence-electron chi connectivity index (χ0n) is 11.1. The summed E-state index contributed by atoms with van der Waals surface area (Å²) in [4.78, 5) is 10.1. The third-order valence-electron chi connectivity index (χ3n) is 3.36. The van der Waals surface area contributed by atoms with Gasteiger partial charge in [0.25, 0.3) is 0 Å². The van der Waals surface area contributed by atoms with E-state index >= 15 is 0 Å². The van der Waals surface area contributed by atoms with E-state index in [9.17, 15) is 0 Å². The van der Waals surface area contributed by atoms with Crippen LogP contribution in [0.3, 0.4) is 0 Å². The summed E-state index contributed by atoms with van der Waals surface area (Å²) in [7, 11) is 0. The second-order valence-corrected chi connectivity index (χ2v) is 5.58. The molecule has 0 spiro atoms. The van der Waals surface area contributed by atoms with Gasteiger partial charge in [-0.2, -0.15) is 4.98 Å². The molecule has 1 fully saturated rings. The van der Waals surface area contributed by atoms with E-state index in [1.807, 2.05) is 6.92 Å². The van der Waals surface area contributed by atoms with E-state index in [-0.39, 0.29) is 6.10 Å². The fourth-order valence-corrected chi connectivity index (χ4v) is 3.06. The van der Waals surface area contributed by atoms with Gasteiger partial charge in [-0.1, -0.05) is 0 Å². The highest BCUT2D eigenvalue weighted by molar-refractivity contribution is 7.16. The van der Waals surface area contributed by atoms with Crippen LogP contribution in [-0.2, 0) is 4.74 Å². The van der Waals surface area contributed by atoms with Crippen molar-refractivity contribution in [1.29, 1.82) is 0 Å². The molecule has 0 saturated carbocycles. The number of nitrogens with zero attached hydrogens (tertiary/aromatic N) is 2. The molecule has 2 N–H and O–H groups in total. The Morgan fingerprint density at radius 2 is 2.37 bits per heavy atom. The van der Waals surface area contributed by atoms with Crippen LogP contribution in [0.25, 0.3) is 10.2 Å². The molecule has 0 aromatic carbocycles. The number of fused-ring (bicyclic) bond motifs is 1. The van der Waals surface area contributed by atoms with E-state index in [1.54, 1.807) is 11.3 Å². The number of hydrogen-bond donors (Lipinski definition) is 2. The predicted octanol–water partition coefficient (Wildman–Crippen LogP) is 2.71. The standard InChI is InChI=1S/C13H18N4OS/c1-3-14-13-16-11(9-5-7-19-12(9)17-13)15-10-4-6-18-8(10)2/h5,7-8,10H,3-4,6H2,1-2H3,(H2,14,15,16,17). The Morgan fingerprint density at radius 1 is 1.47 bits per heavy atom. The summed E-state index contributed by atoms with van der Waals surface area (Å²) in [5.74, 6) is 1.59. The molecule has 2 unspecified atom stereocenters. The largest absolute Gasteiger partial charge is 0.376 e. The molecule has 2 aromatic rings. The Morgan fingerprint density at radius 3 is 3.11 bits per heavy atom. The molecule has 1 aliphatic rings. The first-order valence-corrected chi connectivity index (χ1v) is 7.53. The minimum Gasteiger partial charge on any atom is -0.376 e. The third kappa shape index (κ3) is 2.50. The number of rotatable bonds is 4. The average molecular weight is 278 g/mol. The lowest BCUT2D eigenvalue weighted by Gasteiger charge is -2.17. The molecule has 3 heterocycles. The molecule has 3 rings (SSSR count). The van der Waals surface area contributed by atoms with Crippen LogP contribution in [0.5, 0.6) is 0 Å². The van der Waals surface area contributed by atoms with Crippen molar-refractivity contribution in [3.8, 4) is 0 Å². The number of aromatic nitrogens is 2. The van der Waals surface area contributed by atoms with Crippen LogP contribution in [0.4, 0.5) is 11.8 Å². The van der Waals surface area contributed by atoms with E-state index in [1.165, 1.54) is 0 Å². The molecule has 1 saturated heterocycles. The third-order valence-corrected chi connectivity index (χ3v) is 4.16. The Hall–Kier alpha value is -1.40. The molecule has 6 heteroatoms. The molecule has 102 valence electrons. The van der Waals surface area contributed by atoms with Crippen LogP contribution in [0.15, 0.2) is 11.4 Å². The van der Waals surface area contributed by atoms with Gasteiger partial charge >= 0.3 is 0 Å². The molecular formula is C13H18N4OS. The van der Waals surface area contributed by atoms with Gasteiger partial charge in [-0.25, -0.2) is 4.98 Å². The highest BCUT2D eigenvalue weighted by Crippen LogP contribution is 2.28. The second kappa shape index (κ2) is 5.30. The van der Waals surface area contributed by atoms with Crippen molar-refractivity contribution in [2.75, 3.05) is 23.8 Å². The second-order valence-electron chi connectivity index (χ2n) is 4.68. The topological polar surface area (TPSA) is 59.1 Å². The van der Waals surface area contributed by atoms with Gasteiger partial charge in [0, 0.05) is 13.2 Å². The summed E-state index contributed by atoms with van der Waals surface area (Å²) in [6, 6.07) is 2.39. The van der Waals surface area contributed by atoms with Crippen LogP contribution in [-0.4, -0.2) is 35.3 Å². The predicted molar refractivity (Wildman–Crippen MR) is 79.0 cm³/mol. The molecule has 5 nitrogen and oxygen atoms in total. The van der Waals surface area contributed by atoms with Crippen molar-refractivity contribution < 1.29 is 4.74 Å². The van der Waals surface area contributed by atoms with E-state index in [4.69, 9.17) is 4.74 Å². The fourth-order valence-electron chi connectivity index (χ4n) is 2.30. The number of nitrogens with one attached hydrogen (secondary N) is 2. The van der Waals surface area contributed by atoms with E-state index in [0.717, 1.165) is 35.6 Å². The minimum atomic E-state index is 0.228. The number of ether oxygens (including phenoxy) is 1. The fraction of sp³-hybridized carbons (Fsp3) is 0.538. The van der Waals surface area contributed by atoms with Crippen molar-refractivity contribution in [3.63, 3.8) is 0 Å². The van der Waals surface area contributed by atoms with Crippen molar-refractivity contribution in [1.82, 2.24) is 9.97 Å². The first-order valence-electron chi connectivity index (χ1n) is 6.65. The van der Waals surface area contributed by atoms with Crippen molar-refractivity contribution in [2.45, 2.75) is 32.4 Å². The molecular weight excluding hydrogens is 260 g/mol. The number of thiophene rings is 1. The lowest BCUT2D eigenvalue weighted by atomic mass is 10.1. The van der Waals surface area contributed by atoms with E-state index in [2.05, 4.69) is 39.0 Å². The summed E-state index contributed by atoms with van der Waals surface area (Å²) in [6.07, 6.45) is 1.25. The monoisotopic (exact) mass is 278 g/mol. The average Bonchev–Trinajstić information content (AvgIpc) is 3.00. The zero-order chi connectivity index (χ0) is 13.2. The Bertz CT molecular complexity index is 571. The summed E-state index contributed by atoms with van der Waals surface area (Å²) in [6.45, 7) is 5.78. The quantitative estimate of drug-likeness (QED) is 0.900. The van der Waals surface area contributed by atoms with Gasteiger partial charge in [-0.05, 0) is 31.7 Å². The molecule has 19 heavy (non-hydrogen) atoms. The molecule has 0 radical (unpaired) electrons. The summed E-state index contributed by atoms with van der Waals surface area (Å²) in [5, 5.41) is 9.83. The molecule has 0 amide bonds. The number of anilines is 2. The lowest BCUT2D eigenvalue weighted by Crippen LogP contribution is -2.27. The lowest BCUT2D eigenvalue weighted by molar-refractivity contribution is 0.121. The summed E-state index contributed by atoms with van der Waals surface area (Å²) in [5.41, 5.74) is 0. The van der Waals surface area contributed by atoms with Crippen LogP contribution in [0, 0.1) is 0 Å². The highest BCUT2D eigenvalue weighted by Gasteiger charge is 2.25. The summed E-state index contributed by atoms with van der Waals surface area (Å²) < 4.78 is 5.59. The minimum absolute atomic E-state index is 0.228. The molecule has 2 atom stereocenters. The van der Waals surface area contributed by atoms with Crippen LogP contribution in [0.1, 0.15) is 20.3 Å². The number of hydrogen-bond acceptors (Lipinski definition) is 6. The van der Waals surface area contributed by atoms with Gasteiger partial charge in [-0.15, -0.1) is 11.3 Å². The molecule has 1 aliphatic heterocycles. The van der Waals surface area contributed by atoms with Gasteiger partial charge < -0.3 is 15.4 Å². The Balaban J connectivity index is 1.93. The van der Waals surface area contributed by atoms with Crippen molar-refractivity contribution in [3.05, 3.63) is 11.4 Å². The van der Waals surface area contributed by atoms with Gasteiger partial charge in [0.2, 0.25) is 5.95 Å². The Labute approximate surface area is 116 Å². The van der Waals surface area contributed by atoms with Gasteiger partial charge in [0.1, 0.15) is 10.6 Å². The molecule has 0 aliphatic carbocycles.